The molecular formula is C14H19N3OS2. The summed E-state index contributed by atoms with van der Waals surface area (Å²) in [5.41, 5.74) is 2.16. The van der Waals surface area contributed by atoms with E-state index in [0.29, 0.717) is 10.9 Å². The largest absolute Gasteiger partial charge is 0.298 e. The molecule has 0 aliphatic rings. The van der Waals surface area contributed by atoms with Gasteiger partial charge in [0.25, 0.3) is 5.91 Å². The van der Waals surface area contributed by atoms with Crippen LogP contribution in [0, 0.1) is 0 Å². The number of carbonyl (C=O) groups is 1. The molecule has 2 rings (SSSR count). The van der Waals surface area contributed by atoms with E-state index in [9.17, 15) is 4.79 Å². The zero-order chi connectivity index (χ0) is 14.5. The van der Waals surface area contributed by atoms with Crippen molar-refractivity contribution >= 4 is 28.6 Å². The number of hydrazine groups is 1. The first-order chi connectivity index (χ1) is 9.60. The Labute approximate surface area is 127 Å². The van der Waals surface area contributed by atoms with Crippen molar-refractivity contribution in [2.24, 2.45) is 5.84 Å². The number of carbonyl (C=O) groups excluding carboxylic acids is 1. The van der Waals surface area contributed by atoms with Gasteiger partial charge in [0.05, 0.1) is 4.88 Å². The molecule has 2 aromatic rings. The summed E-state index contributed by atoms with van der Waals surface area (Å²) in [4.78, 5) is 16.9. The van der Waals surface area contributed by atoms with Crippen molar-refractivity contribution in [2.75, 3.05) is 7.05 Å². The van der Waals surface area contributed by atoms with Gasteiger partial charge >= 0.3 is 0 Å². The van der Waals surface area contributed by atoms with Gasteiger partial charge in [-0.05, 0) is 44.0 Å². The van der Waals surface area contributed by atoms with E-state index < -0.39 is 0 Å². The molecule has 0 aliphatic heterocycles. The zero-order valence-corrected chi connectivity index (χ0v) is 13.3. The molecule has 2 aromatic heterocycles. The summed E-state index contributed by atoms with van der Waals surface area (Å²) in [6.45, 7) is 3.07. The van der Waals surface area contributed by atoms with E-state index in [1.165, 1.54) is 21.1 Å². The van der Waals surface area contributed by atoms with Crippen LogP contribution in [-0.2, 0) is 13.0 Å². The molecule has 108 valence electrons. The van der Waals surface area contributed by atoms with Crippen LogP contribution in [0.4, 0.5) is 0 Å². The lowest BCUT2D eigenvalue weighted by Gasteiger charge is -2.23. The third-order valence-electron chi connectivity index (χ3n) is 3.25. The maximum Gasteiger partial charge on any atom is 0.275 e. The Balaban J connectivity index is 1.91. The predicted octanol–water partition coefficient (Wildman–Crippen LogP) is 2.48. The minimum absolute atomic E-state index is 0.226. The average molecular weight is 309 g/mol. The molecule has 1 unspecified atom stereocenters. The highest BCUT2D eigenvalue weighted by atomic mass is 32.1. The first kappa shape index (κ1) is 15.2. The Bertz CT molecular complexity index is 551. The van der Waals surface area contributed by atoms with Crippen LogP contribution in [0.25, 0.3) is 0 Å². The maximum atomic E-state index is 11.4. The molecule has 0 aliphatic carbocycles. The Kier molecular flexibility index (Phi) is 5.31. The molecule has 4 nitrogen and oxygen atoms in total. The monoisotopic (exact) mass is 309 g/mol. The second-order valence-corrected chi connectivity index (χ2v) is 6.99. The average Bonchev–Trinajstić information content (AvgIpc) is 3.09. The standard InChI is InChI=1S/C14H19N3OS2/c1-10(8-11-4-3-7-19-11)17(2)9-12-5-6-13(20-12)14(18)16-15/h3-7,10H,8-9,15H2,1-2H3,(H,16,18). The fourth-order valence-electron chi connectivity index (χ4n) is 1.93. The zero-order valence-electron chi connectivity index (χ0n) is 11.6. The van der Waals surface area contributed by atoms with E-state index in [1.54, 1.807) is 11.3 Å². The molecule has 1 amide bonds. The number of thiophene rings is 2. The van der Waals surface area contributed by atoms with Gasteiger partial charge in [0, 0.05) is 22.3 Å². The minimum atomic E-state index is -0.226. The van der Waals surface area contributed by atoms with Crippen LogP contribution in [0.2, 0.25) is 0 Å². The Morgan fingerprint density at radius 3 is 2.85 bits per heavy atom. The third kappa shape index (κ3) is 3.89. The highest BCUT2D eigenvalue weighted by Crippen LogP contribution is 2.20. The van der Waals surface area contributed by atoms with Crippen molar-refractivity contribution in [3.05, 3.63) is 44.3 Å². The van der Waals surface area contributed by atoms with Gasteiger partial charge in [-0.2, -0.15) is 0 Å². The molecule has 20 heavy (non-hydrogen) atoms. The van der Waals surface area contributed by atoms with E-state index >= 15 is 0 Å². The number of amides is 1. The van der Waals surface area contributed by atoms with Crippen LogP contribution in [0.3, 0.4) is 0 Å². The lowest BCUT2D eigenvalue weighted by Crippen LogP contribution is -2.30. The Hall–Kier alpha value is -1.21. The van der Waals surface area contributed by atoms with Gasteiger partial charge in [0.15, 0.2) is 0 Å². The highest BCUT2D eigenvalue weighted by Gasteiger charge is 2.13. The summed E-state index contributed by atoms with van der Waals surface area (Å²) in [6.07, 6.45) is 1.05. The first-order valence-electron chi connectivity index (χ1n) is 6.42. The van der Waals surface area contributed by atoms with Crippen LogP contribution >= 0.6 is 22.7 Å². The summed E-state index contributed by atoms with van der Waals surface area (Å²) < 4.78 is 0. The molecule has 0 bridgehead atoms. The fraction of sp³-hybridized carbons (Fsp3) is 0.357. The van der Waals surface area contributed by atoms with Crippen LogP contribution < -0.4 is 11.3 Å². The Morgan fingerprint density at radius 1 is 1.40 bits per heavy atom. The number of hydrogen-bond acceptors (Lipinski definition) is 5. The highest BCUT2D eigenvalue weighted by molar-refractivity contribution is 7.14. The minimum Gasteiger partial charge on any atom is -0.298 e. The van der Waals surface area contributed by atoms with Gasteiger partial charge in [0.1, 0.15) is 0 Å². The van der Waals surface area contributed by atoms with Crippen molar-refractivity contribution in [3.63, 3.8) is 0 Å². The van der Waals surface area contributed by atoms with Crippen LogP contribution in [-0.4, -0.2) is 23.9 Å². The molecule has 0 fully saturated rings. The second kappa shape index (κ2) is 6.99. The van der Waals surface area contributed by atoms with Gasteiger partial charge in [-0.25, -0.2) is 5.84 Å². The van der Waals surface area contributed by atoms with Crippen molar-refractivity contribution in [3.8, 4) is 0 Å². The van der Waals surface area contributed by atoms with E-state index in [1.807, 2.05) is 12.1 Å². The summed E-state index contributed by atoms with van der Waals surface area (Å²) in [5, 5.41) is 2.11. The fourth-order valence-corrected chi connectivity index (χ4v) is 3.73. The maximum absolute atomic E-state index is 11.4. The molecule has 0 radical (unpaired) electrons. The number of nitrogens with one attached hydrogen (secondary N) is 1. The SMILES string of the molecule is CC(Cc1cccs1)N(C)Cc1ccc(C(=O)NN)s1. The second-order valence-electron chi connectivity index (χ2n) is 4.79. The summed E-state index contributed by atoms with van der Waals surface area (Å²) in [7, 11) is 2.11. The predicted molar refractivity (Wildman–Crippen MR) is 84.9 cm³/mol. The third-order valence-corrected chi connectivity index (χ3v) is 5.22. The van der Waals surface area contributed by atoms with Crippen molar-refractivity contribution in [1.29, 1.82) is 0 Å². The van der Waals surface area contributed by atoms with Crippen LogP contribution in [0.1, 0.15) is 26.3 Å². The number of likely N-dealkylation sites (N-methyl/N-ethyl adjacent to an activating group) is 1. The lowest BCUT2D eigenvalue weighted by molar-refractivity contribution is 0.0957. The molecule has 0 saturated heterocycles. The number of nitrogen functional groups attached to an aromatic ring is 1. The molecule has 6 heteroatoms. The topological polar surface area (TPSA) is 58.4 Å². The summed E-state index contributed by atoms with van der Waals surface area (Å²) >= 11 is 3.28. The van der Waals surface area contributed by atoms with Gasteiger partial charge in [-0.3, -0.25) is 15.1 Å². The van der Waals surface area contributed by atoms with Crippen molar-refractivity contribution < 1.29 is 4.79 Å². The normalized spacial score (nSPS) is 12.6. The van der Waals surface area contributed by atoms with Gasteiger partial charge in [-0.15, -0.1) is 22.7 Å². The lowest BCUT2D eigenvalue weighted by atomic mass is 10.2. The van der Waals surface area contributed by atoms with Gasteiger partial charge in [0.2, 0.25) is 0 Å². The molecular weight excluding hydrogens is 290 g/mol. The molecule has 0 spiro atoms. The van der Waals surface area contributed by atoms with E-state index in [2.05, 4.69) is 41.8 Å². The van der Waals surface area contributed by atoms with Crippen molar-refractivity contribution in [1.82, 2.24) is 10.3 Å². The van der Waals surface area contributed by atoms with E-state index in [-0.39, 0.29) is 5.91 Å². The van der Waals surface area contributed by atoms with E-state index in [0.717, 1.165) is 13.0 Å². The Morgan fingerprint density at radius 2 is 2.20 bits per heavy atom. The first-order valence-corrected chi connectivity index (χ1v) is 8.12. The number of hydrogen-bond donors (Lipinski definition) is 2. The summed E-state index contributed by atoms with van der Waals surface area (Å²) in [5.74, 6) is 4.91. The van der Waals surface area contributed by atoms with Gasteiger partial charge < -0.3 is 0 Å². The molecule has 0 aromatic carbocycles. The van der Waals surface area contributed by atoms with Gasteiger partial charge in [-0.1, -0.05) is 6.07 Å². The number of nitrogens with two attached hydrogens (primary N) is 1. The number of nitrogens with zero attached hydrogens (tertiary/aromatic N) is 1. The number of rotatable bonds is 6. The molecule has 0 saturated carbocycles. The molecule has 1 atom stereocenters. The summed E-state index contributed by atoms with van der Waals surface area (Å²) in [6, 6.07) is 8.53. The quantitative estimate of drug-likeness (QED) is 0.489. The van der Waals surface area contributed by atoms with E-state index in [4.69, 9.17) is 5.84 Å². The van der Waals surface area contributed by atoms with Crippen LogP contribution in [0.5, 0.6) is 0 Å². The van der Waals surface area contributed by atoms with Crippen molar-refractivity contribution in [2.45, 2.75) is 25.9 Å². The smallest absolute Gasteiger partial charge is 0.275 e. The molecule has 3 N–H and O–H groups in total. The molecule has 2 heterocycles. The van der Waals surface area contributed by atoms with Crippen LogP contribution in [0.15, 0.2) is 29.6 Å².